The number of benzene rings is 2. The number of anilines is 1. The predicted molar refractivity (Wildman–Crippen MR) is 140 cm³/mol. The van der Waals surface area contributed by atoms with Gasteiger partial charge in [0.15, 0.2) is 5.03 Å². The highest BCUT2D eigenvalue weighted by Gasteiger charge is 2.25. The monoisotopic (exact) mass is 536 g/mol. The SMILES string of the molecule is COc1cc(F)cc(-c2ccc(C(=O)NS(=O)(=O)c3cccc(N)n3)c(Oc3c(C)cc(C)cc3C)n2)c1. The fraction of sp³-hybridized carbons (Fsp3) is 0.148. The van der Waals surface area contributed by atoms with E-state index in [1.165, 1.54) is 49.6 Å². The van der Waals surface area contributed by atoms with Gasteiger partial charge in [-0.2, -0.15) is 8.42 Å². The van der Waals surface area contributed by atoms with E-state index in [0.29, 0.717) is 11.3 Å². The lowest BCUT2D eigenvalue weighted by molar-refractivity contribution is 0.0978. The molecule has 0 saturated carbocycles. The van der Waals surface area contributed by atoms with Crippen LogP contribution >= 0.6 is 0 Å². The largest absolute Gasteiger partial charge is 0.497 e. The Bertz CT molecular complexity index is 1630. The summed E-state index contributed by atoms with van der Waals surface area (Å²) in [5, 5.41) is -0.421. The molecule has 0 unspecified atom stereocenters. The second-order valence-electron chi connectivity index (χ2n) is 8.59. The fourth-order valence-electron chi connectivity index (χ4n) is 3.91. The van der Waals surface area contributed by atoms with E-state index in [1.807, 2.05) is 37.6 Å². The first-order chi connectivity index (χ1) is 18.0. The van der Waals surface area contributed by atoms with Crippen LogP contribution in [0.5, 0.6) is 17.4 Å². The topological polar surface area (TPSA) is 134 Å². The minimum atomic E-state index is -4.36. The van der Waals surface area contributed by atoms with Gasteiger partial charge in [-0.3, -0.25) is 4.79 Å². The highest BCUT2D eigenvalue weighted by molar-refractivity contribution is 7.90. The third kappa shape index (κ3) is 5.73. The summed E-state index contributed by atoms with van der Waals surface area (Å²) < 4.78 is 53.1. The summed E-state index contributed by atoms with van der Waals surface area (Å²) >= 11 is 0. The van der Waals surface area contributed by atoms with Gasteiger partial charge in [0, 0.05) is 11.6 Å². The van der Waals surface area contributed by atoms with Crippen molar-refractivity contribution in [3.05, 3.63) is 88.7 Å². The average Bonchev–Trinajstić information content (AvgIpc) is 2.85. The first-order valence-corrected chi connectivity index (χ1v) is 12.9. The number of halogens is 1. The molecule has 9 nitrogen and oxygen atoms in total. The van der Waals surface area contributed by atoms with E-state index in [-0.39, 0.29) is 28.7 Å². The second-order valence-corrected chi connectivity index (χ2v) is 10.2. The first kappa shape index (κ1) is 26.6. The highest BCUT2D eigenvalue weighted by Crippen LogP contribution is 2.33. The van der Waals surface area contributed by atoms with Crippen molar-refractivity contribution in [3.63, 3.8) is 0 Å². The number of carbonyl (C=O) groups excluding carboxylic acids is 1. The number of nitrogens with one attached hydrogen (secondary N) is 1. The van der Waals surface area contributed by atoms with Gasteiger partial charge in [0.25, 0.3) is 15.9 Å². The lowest BCUT2D eigenvalue weighted by Gasteiger charge is -2.16. The number of nitrogen functional groups attached to an aromatic ring is 1. The van der Waals surface area contributed by atoms with Crippen molar-refractivity contribution in [1.82, 2.24) is 14.7 Å². The number of pyridine rings is 2. The van der Waals surface area contributed by atoms with Gasteiger partial charge in [-0.25, -0.2) is 19.1 Å². The molecule has 0 saturated heterocycles. The van der Waals surface area contributed by atoms with Crippen LogP contribution in [-0.4, -0.2) is 31.4 Å². The molecule has 0 bridgehead atoms. The molecular weight excluding hydrogens is 511 g/mol. The van der Waals surface area contributed by atoms with Gasteiger partial charge in [-0.05, 0) is 68.3 Å². The predicted octanol–water partition coefficient (Wildman–Crippen LogP) is 4.71. The van der Waals surface area contributed by atoms with Crippen molar-refractivity contribution in [3.8, 4) is 28.6 Å². The van der Waals surface area contributed by atoms with Gasteiger partial charge in [0.2, 0.25) is 5.88 Å². The Morgan fingerprint density at radius 1 is 0.974 bits per heavy atom. The quantitative estimate of drug-likeness (QED) is 0.347. The molecule has 196 valence electrons. The van der Waals surface area contributed by atoms with E-state index in [4.69, 9.17) is 15.2 Å². The Balaban J connectivity index is 1.80. The molecule has 2 heterocycles. The molecule has 2 aromatic carbocycles. The number of sulfonamides is 1. The number of aromatic nitrogens is 2. The van der Waals surface area contributed by atoms with E-state index < -0.39 is 26.8 Å². The minimum Gasteiger partial charge on any atom is -0.497 e. The second kappa shape index (κ2) is 10.5. The zero-order chi connectivity index (χ0) is 27.6. The van der Waals surface area contributed by atoms with Crippen LogP contribution in [0.1, 0.15) is 27.0 Å². The van der Waals surface area contributed by atoms with Crippen LogP contribution in [0.3, 0.4) is 0 Å². The van der Waals surface area contributed by atoms with Gasteiger partial charge in [-0.15, -0.1) is 0 Å². The maximum atomic E-state index is 14.2. The molecule has 11 heteroatoms. The van der Waals surface area contributed by atoms with Gasteiger partial charge >= 0.3 is 0 Å². The van der Waals surface area contributed by atoms with Crippen molar-refractivity contribution < 1.29 is 27.1 Å². The van der Waals surface area contributed by atoms with Crippen LogP contribution in [0, 0.1) is 26.6 Å². The molecule has 0 fully saturated rings. The Labute approximate surface area is 219 Å². The number of nitrogens with zero attached hydrogens (tertiary/aromatic N) is 2. The Hall–Kier alpha value is -4.51. The van der Waals surface area contributed by atoms with Gasteiger partial charge in [-0.1, -0.05) is 23.8 Å². The van der Waals surface area contributed by atoms with Gasteiger partial charge < -0.3 is 15.2 Å². The zero-order valence-corrected chi connectivity index (χ0v) is 21.9. The molecule has 0 radical (unpaired) electrons. The molecule has 1 amide bonds. The number of hydrogen-bond acceptors (Lipinski definition) is 8. The van der Waals surface area contributed by atoms with Crippen molar-refractivity contribution in [2.45, 2.75) is 25.8 Å². The summed E-state index contributed by atoms with van der Waals surface area (Å²) in [6.45, 7) is 5.62. The van der Waals surface area contributed by atoms with Crippen molar-refractivity contribution in [2.75, 3.05) is 12.8 Å². The zero-order valence-electron chi connectivity index (χ0n) is 21.1. The van der Waals surface area contributed by atoms with E-state index in [0.717, 1.165) is 16.7 Å². The molecule has 38 heavy (non-hydrogen) atoms. The number of rotatable bonds is 7. The Kier molecular flexibility index (Phi) is 7.31. The highest BCUT2D eigenvalue weighted by atomic mass is 32.2. The third-order valence-corrected chi connectivity index (χ3v) is 6.79. The number of amides is 1. The lowest BCUT2D eigenvalue weighted by Crippen LogP contribution is -2.31. The number of ether oxygens (including phenoxy) is 2. The number of carbonyl (C=O) groups is 1. The summed E-state index contributed by atoms with van der Waals surface area (Å²) in [6.07, 6.45) is 0. The molecule has 0 aliphatic rings. The molecule has 0 spiro atoms. The van der Waals surface area contributed by atoms with Crippen LogP contribution in [0.2, 0.25) is 0 Å². The molecule has 0 aliphatic carbocycles. The van der Waals surface area contributed by atoms with Gasteiger partial charge in [0.05, 0.1) is 12.8 Å². The standard InChI is InChI=1S/C27H25FN4O5S/c1-15-10-16(2)25(17(3)11-15)37-27-21(26(33)32-38(34,35)24-7-5-6-23(29)31-24)8-9-22(30-27)18-12-19(28)14-20(13-18)36-4/h5-14H,1-4H3,(H2,29,31)(H,32,33). The summed E-state index contributed by atoms with van der Waals surface area (Å²) in [5.41, 5.74) is 8.65. The number of hydrogen-bond donors (Lipinski definition) is 2. The molecule has 0 aliphatic heterocycles. The van der Waals surface area contributed by atoms with Crippen molar-refractivity contribution in [1.29, 1.82) is 0 Å². The Morgan fingerprint density at radius 2 is 1.68 bits per heavy atom. The number of methoxy groups -OCH3 is 1. The summed E-state index contributed by atoms with van der Waals surface area (Å²) in [4.78, 5) is 21.4. The molecule has 3 N–H and O–H groups in total. The van der Waals surface area contributed by atoms with E-state index in [9.17, 15) is 17.6 Å². The maximum Gasteiger partial charge on any atom is 0.281 e. The maximum absolute atomic E-state index is 14.2. The molecule has 4 aromatic rings. The van der Waals surface area contributed by atoms with Crippen LogP contribution < -0.4 is 19.9 Å². The normalized spacial score (nSPS) is 11.2. The molecule has 2 aromatic heterocycles. The molecular formula is C27H25FN4O5S. The first-order valence-electron chi connectivity index (χ1n) is 11.4. The van der Waals surface area contributed by atoms with E-state index in [2.05, 4.69) is 9.97 Å². The number of aryl methyl sites for hydroxylation is 3. The molecule has 0 atom stereocenters. The Morgan fingerprint density at radius 3 is 2.34 bits per heavy atom. The van der Waals surface area contributed by atoms with Crippen LogP contribution in [0.25, 0.3) is 11.3 Å². The van der Waals surface area contributed by atoms with Crippen LogP contribution in [0.15, 0.2) is 65.7 Å². The van der Waals surface area contributed by atoms with E-state index in [1.54, 1.807) is 6.07 Å². The molecule has 4 rings (SSSR count). The van der Waals surface area contributed by atoms with Crippen LogP contribution in [-0.2, 0) is 10.0 Å². The third-order valence-electron chi connectivity index (χ3n) is 5.56. The average molecular weight is 537 g/mol. The minimum absolute atomic E-state index is 0.0220. The fourth-order valence-corrected chi connectivity index (χ4v) is 4.86. The van der Waals surface area contributed by atoms with Gasteiger partial charge in [0.1, 0.15) is 28.7 Å². The summed E-state index contributed by atoms with van der Waals surface area (Å²) in [5.74, 6) is -1.01. The smallest absolute Gasteiger partial charge is 0.281 e. The van der Waals surface area contributed by atoms with Crippen LogP contribution in [0.4, 0.5) is 10.2 Å². The summed E-state index contributed by atoms with van der Waals surface area (Å²) in [6, 6.07) is 14.7. The van der Waals surface area contributed by atoms with Crippen molar-refractivity contribution in [2.24, 2.45) is 0 Å². The van der Waals surface area contributed by atoms with E-state index >= 15 is 0 Å². The lowest BCUT2D eigenvalue weighted by atomic mass is 10.1. The summed E-state index contributed by atoms with van der Waals surface area (Å²) in [7, 11) is -2.95. The number of nitrogens with two attached hydrogens (primary N) is 1. The van der Waals surface area contributed by atoms with Crippen molar-refractivity contribution >= 4 is 21.7 Å².